The highest BCUT2D eigenvalue weighted by Gasteiger charge is 2.42. The molecule has 0 fully saturated rings. The molecule has 0 bridgehead atoms. The maximum atomic E-state index is 12.5. The lowest BCUT2D eigenvalue weighted by atomic mass is 10.0. The van der Waals surface area contributed by atoms with E-state index in [0.717, 1.165) is 21.6 Å². The molecule has 0 unspecified atom stereocenters. The smallest absolute Gasteiger partial charge is 0.421 e. The highest BCUT2D eigenvalue weighted by atomic mass is 16.6. The first-order valence-corrected chi connectivity index (χ1v) is 9.30. The topological polar surface area (TPSA) is 83.9 Å². The molecule has 1 N–H and O–H groups in total. The molecule has 2 aromatic carbocycles. The average molecular weight is 393 g/mol. The number of carboxylic acids is 1. The lowest BCUT2D eigenvalue weighted by Crippen LogP contribution is -2.40. The van der Waals surface area contributed by atoms with Crippen molar-refractivity contribution in [2.45, 2.75) is 32.8 Å². The van der Waals surface area contributed by atoms with E-state index in [1.54, 1.807) is 20.8 Å². The Hall–Kier alpha value is -3.41. The van der Waals surface area contributed by atoms with Gasteiger partial charge in [0, 0.05) is 12.1 Å². The first-order valence-electron chi connectivity index (χ1n) is 9.30. The summed E-state index contributed by atoms with van der Waals surface area (Å²) in [5.74, 6) is -3.48. The van der Waals surface area contributed by atoms with Crippen LogP contribution in [0.25, 0.3) is 11.1 Å². The number of rotatable bonds is 4. The third kappa shape index (κ3) is 4.71. The monoisotopic (exact) mass is 393 g/mol. The van der Waals surface area contributed by atoms with E-state index < -0.39 is 29.5 Å². The first kappa shape index (κ1) is 20.3. The van der Waals surface area contributed by atoms with Crippen molar-refractivity contribution >= 4 is 18.0 Å². The Kier molecular flexibility index (Phi) is 5.55. The maximum Gasteiger partial charge on any atom is 0.421 e. The van der Waals surface area contributed by atoms with Crippen molar-refractivity contribution in [1.29, 1.82) is 0 Å². The molecule has 0 saturated heterocycles. The molecule has 6 nitrogen and oxygen atoms in total. The minimum absolute atomic E-state index is 0.240. The number of nitrogens with zero attached hydrogens (tertiary/aromatic N) is 1. The number of carbonyl (C=O) groups excluding carboxylic acids is 2. The van der Waals surface area contributed by atoms with E-state index in [-0.39, 0.29) is 6.42 Å². The van der Waals surface area contributed by atoms with Gasteiger partial charge in [0.25, 0.3) is 5.91 Å². The van der Waals surface area contributed by atoms with Crippen LogP contribution in [0.4, 0.5) is 4.79 Å². The Labute approximate surface area is 169 Å². The fraction of sp³-hybridized carbons (Fsp3) is 0.261. The van der Waals surface area contributed by atoms with E-state index in [0.29, 0.717) is 5.70 Å². The summed E-state index contributed by atoms with van der Waals surface area (Å²) in [5, 5.41) is 9.32. The number of carbonyl (C=O) groups is 3. The second-order valence-corrected chi connectivity index (χ2v) is 7.87. The molecule has 0 radical (unpaired) electrons. The molecule has 0 aliphatic carbocycles. The van der Waals surface area contributed by atoms with Gasteiger partial charge in [-0.05, 0) is 43.5 Å². The van der Waals surface area contributed by atoms with E-state index in [4.69, 9.17) is 4.74 Å². The van der Waals surface area contributed by atoms with Crippen LogP contribution in [0.1, 0.15) is 26.3 Å². The van der Waals surface area contributed by atoms with Crippen molar-refractivity contribution in [2.24, 2.45) is 5.92 Å². The van der Waals surface area contributed by atoms with E-state index in [2.05, 4.69) is 0 Å². The van der Waals surface area contributed by atoms with Gasteiger partial charge in [-0.1, -0.05) is 54.6 Å². The summed E-state index contributed by atoms with van der Waals surface area (Å²) < 4.78 is 5.30. The Morgan fingerprint density at radius 1 is 1.00 bits per heavy atom. The second-order valence-electron chi connectivity index (χ2n) is 7.87. The minimum atomic E-state index is -1.39. The van der Waals surface area contributed by atoms with Gasteiger partial charge in [0.05, 0.1) is 0 Å². The molecule has 0 spiro atoms. The number of hydrogen-bond acceptors (Lipinski definition) is 4. The zero-order valence-electron chi connectivity index (χ0n) is 16.6. The molecule has 1 aliphatic rings. The van der Waals surface area contributed by atoms with Crippen LogP contribution in [0.15, 0.2) is 66.4 Å². The van der Waals surface area contributed by atoms with E-state index in [1.807, 2.05) is 54.6 Å². The van der Waals surface area contributed by atoms with Crippen LogP contribution in [-0.2, 0) is 20.7 Å². The van der Waals surface area contributed by atoms with Crippen molar-refractivity contribution < 1.29 is 24.2 Å². The van der Waals surface area contributed by atoms with Gasteiger partial charge in [0.1, 0.15) is 5.60 Å². The molecule has 1 atom stereocenters. The van der Waals surface area contributed by atoms with E-state index in [9.17, 15) is 19.5 Å². The largest absolute Gasteiger partial charge is 0.480 e. The number of ether oxygens (including phenoxy) is 1. The van der Waals surface area contributed by atoms with E-state index >= 15 is 0 Å². The molecule has 2 amide bonds. The average Bonchev–Trinajstić information content (AvgIpc) is 2.98. The summed E-state index contributed by atoms with van der Waals surface area (Å²) >= 11 is 0. The van der Waals surface area contributed by atoms with Crippen molar-refractivity contribution in [3.05, 3.63) is 71.9 Å². The van der Waals surface area contributed by atoms with Gasteiger partial charge in [0.15, 0.2) is 5.92 Å². The van der Waals surface area contributed by atoms with E-state index in [1.165, 1.54) is 6.08 Å². The lowest BCUT2D eigenvalue weighted by molar-refractivity contribution is -0.146. The first-order chi connectivity index (χ1) is 13.7. The van der Waals surface area contributed by atoms with Crippen LogP contribution in [-0.4, -0.2) is 33.6 Å². The summed E-state index contributed by atoms with van der Waals surface area (Å²) in [6, 6.07) is 17.6. The predicted octanol–water partition coefficient (Wildman–Crippen LogP) is 4.26. The summed E-state index contributed by atoms with van der Waals surface area (Å²) in [6.07, 6.45) is 0.696. The lowest BCUT2D eigenvalue weighted by Gasteiger charge is -2.25. The molecule has 6 heteroatoms. The Morgan fingerprint density at radius 3 is 2.14 bits per heavy atom. The number of imide groups is 1. The molecule has 29 heavy (non-hydrogen) atoms. The number of aliphatic carboxylic acids is 1. The molecule has 2 aromatic rings. The third-order valence-electron chi connectivity index (χ3n) is 4.42. The number of hydrogen-bond donors (Lipinski definition) is 1. The number of benzene rings is 2. The van der Waals surface area contributed by atoms with Gasteiger partial charge in [-0.2, -0.15) is 0 Å². The molecule has 0 saturated carbocycles. The van der Waals surface area contributed by atoms with Gasteiger partial charge in [-0.25, -0.2) is 9.69 Å². The molecule has 0 aromatic heterocycles. The van der Waals surface area contributed by atoms with Gasteiger partial charge < -0.3 is 9.84 Å². The number of allylic oxidation sites excluding steroid dienone is 1. The summed E-state index contributed by atoms with van der Waals surface area (Å²) in [7, 11) is 0. The van der Waals surface area contributed by atoms with Crippen LogP contribution in [0.5, 0.6) is 0 Å². The fourth-order valence-corrected chi connectivity index (χ4v) is 3.10. The predicted molar refractivity (Wildman–Crippen MR) is 108 cm³/mol. The van der Waals surface area contributed by atoms with Crippen molar-refractivity contribution in [1.82, 2.24) is 4.90 Å². The van der Waals surface area contributed by atoms with Gasteiger partial charge in [0.2, 0.25) is 0 Å². The second kappa shape index (κ2) is 7.91. The Morgan fingerprint density at radius 2 is 1.59 bits per heavy atom. The SMILES string of the molecule is CC(C)(C)OC(=O)N1C(=O)[C@@H](C(=O)O)C=C1Cc1ccc(-c2ccccc2)cc1. The molecule has 1 aliphatic heterocycles. The molecular weight excluding hydrogens is 370 g/mol. The molecule has 3 rings (SSSR count). The maximum absolute atomic E-state index is 12.5. The number of carboxylic acid groups (broad SMARTS) is 1. The van der Waals surface area contributed by atoms with Gasteiger partial charge >= 0.3 is 12.1 Å². The highest BCUT2D eigenvalue weighted by Crippen LogP contribution is 2.28. The third-order valence-corrected chi connectivity index (χ3v) is 4.42. The number of amides is 2. The van der Waals surface area contributed by atoms with Crippen LogP contribution < -0.4 is 0 Å². The van der Waals surface area contributed by atoms with Crippen LogP contribution >= 0.6 is 0 Å². The fourth-order valence-electron chi connectivity index (χ4n) is 3.10. The normalized spacial score (nSPS) is 16.5. The quantitative estimate of drug-likeness (QED) is 0.785. The van der Waals surface area contributed by atoms with Crippen molar-refractivity contribution in [3.8, 4) is 11.1 Å². The van der Waals surface area contributed by atoms with Crippen molar-refractivity contribution in [2.75, 3.05) is 0 Å². The highest BCUT2D eigenvalue weighted by molar-refractivity contribution is 6.08. The van der Waals surface area contributed by atoms with Gasteiger partial charge in [-0.15, -0.1) is 0 Å². The summed E-state index contributed by atoms with van der Waals surface area (Å²) in [5.41, 5.74) is 2.47. The van der Waals surface area contributed by atoms with Crippen LogP contribution in [0.3, 0.4) is 0 Å². The van der Waals surface area contributed by atoms with Crippen LogP contribution in [0, 0.1) is 5.92 Å². The summed E-state index contributed by atoms with van der Waals surface area (Å²) in [6.45, 7) is 5.06. The molecule has 150 valence electrons. The zero-order chi connectivity index (χ0) is 21.2. The Balaban J connectivity index is 1.84. The zero-order valence-corrected chi connectivity index (χ0v) is 16.6. The minimum Gasteiger partial charge on any atom is -0.480 e. The standard InChI is InChI=1S/C23H23NO5/c1-23(2,3)29-22(28)24-18(14-19(20(24)25)21(26)27)13-15-9-11-17(12-10-15)16-7-5-4-6-8-16/h4-12,14,19H,13H2,1-3H3,(H,26,27)/t19-/m0/s1. The molecule has 1 heterocycles. The van der Waals surface area contributed by atoms with Crippen LogP contribution in [0.2, 0.25) is 0 Å². The van der Waals surface area contributed by atoms with Crippen molar-refractivity contribution in [3.63, 3.8) is 0 Å². The molecular formula is C23H23NO5. The Bertz CT molecular complexity index is 955. The summed E-state index contributed by atoms with van der Waals surface area (Å²) in [4.78, 5) is 37.3. The van der Waals surface area contributed by atoms with Gasteiger partial charge in [-0.3, -0.25) is 9.59 Å².